The minimum Gasteiger partial charge on any atom is -0.396 e. The Morgan fingerprint density at radius 2 is 0.750 bits per heavy atom. The summed E-state index contributed by atoms with van der Waals surface area (Å²) in [5, 5.41) is 17.6. The molecule has 5 nitrogen and oxygen atoms in total. The average molecular weight is 522 g/mol. The summed E-state index contributed by atoms with van der Waals surface area (Å²) < 4.78 is 0. The third kappa shape index (κ3) is 11.9. The molecule has 5 heteroatoms. The van der Waals surface area contributed by atoms with E-state index in [4.69, 9.17) is 10.2 Å². The summed E-state index contributed by atoms with van der Waals surface area (Å²) in [4.78, 5) is 13.4. The Bertz CT molecular complexity index is 1550. The summed E-state index contributed by atoms with van der Waals surface area (Å²) in [7, 11) is 0. The summed E-state index contributed by atoms with van der Waals surface area (Å²) in [6.07, 6.45) is 4.65. The van der Waals surface area contributed by atoms with Crippen LogP contribution in [0.4, 0.5) is 0 Å². The van der Waals surface area contributed by atoms with Crippen LogP contribution in [-0.2, 0) is 0 Å². The highest BCUT2D eigenvalue weighted by Gasteiger charge is 1.95. The van der Waals surface area contributed by atoms with Crippen molar-refractivity contribution < 1.29 is 10.2 Å². The third-order valence-electron chi connectivity index (χ3n) is 4.99. The molecule has 3 heterocycles. The van der Waals surface area contributed by atoms with Gasteiger partial charge in [-0.25, -0.2) is 15.0 Å². The van der Waals surface area contributed by atoms with Crippen molar-refractivity contribution >= 4 is 0 Å². The third-order valence-corrected chi connectivity index (χ3v) is 4.99. The van der Waals surface area contributed by atoms with Gasteiger partial charge < -0.3 is 10.2 Å². The van der Waals surface area contributed by atoms with Crippen LogP contribution < -0.4 is 0 Å². The second-order valence-electron chi connectivity index (χ2n) is 8.19. The highest BCUT2D eigenvalue weighted by atomic mass is 16.3. The topological polar surface area (TPSA) is 79.1 Å². The van der Waals surface area contributed by atoms with E-state index in [-0.39, 0.29) is 13.2 Å². The molecule has 0 aliphatic rings. The van der Waals surface area contributed by atoms with Gasteiger partial charge in [0.05, 0.1) is 0 Å². The molecule has 0 saturated carbocycles. The maximum atomic E-state index is 8.78. The van der Waals surface area contributed by atoms with E-state index in [1.165, 1.54) is 0 Å². The molecule has 194 valence electrons. The Morgan fingerprint density at radius 3 is 1.07 bits per heavy atom. The minimum atomic E-state index is 0.186. The molecule has 3 aromatic heterocycles. The van der Waals surface area contributed by atoms with Crippen LogP contribution in [0.2, 0.25) is 0 Å². The van der Waals surface area contributed by atoms with Crippen LogP contribution in [0.1, 0.15) is 72.7 Å². The van der Waals surface area contributed by atoms with Crippen molar-refractivity contribution in [3.63, 3.8) is 0 Å². The van der Waals surface area contributed by atoms with Crippen LogP contribution in [0.5, 0.6) is 0 Å². The largest absolute Gasteiger partial charge is 0.396 e. The molecule has 0 radical (unpaired) electrons. The Balaban J connectivity index is 1.64. The Morgan fingerprint density at radius 1 is 0.425 bits per heavy atom. The SMILES string of the molecule is OCCCCC#CC#Cc1cccc(C#Cc2cccc(C#Cc3cccc(C#CC#CCCCCO)n3)n2)n1. The Hall–Kier alpha value is -5.27. The first-order chi connectivity index (χ1) is 19.8. The summed E-state index contributed by atoms with van der Waals surface area (Å²) in [6, 6.07) is 16.4. The van der Waals surface area contributed by atoms with Gasteiger partial charge in [-0.05, 0) is 121 Å². The van der Waals surface area contributed by atoms with Gasteiger partial charge in [-0.3, -0.25) is 0 Å². The molecule has 0 spiro atoms. The van der Waals surface area contributed by atoms with Crippen molar-refractivity contribution in [1.29, 1.82) is 0 Å². The highest BCUT2D eigenvalue weighted by Crippen LogP contribution is 2.01. The Labute approximate surface area is 236 Å². The van der Waals surface area contributed by atoms with E-state index < -0.39 is 0 Å². The summed E-state index contributed by atoms with van der Waals surface area (Å²) >= 11 is 0. The second-order valence-corrected chi connectivity index (χ2v) is 8.19. The van der Waals surface area contributed by atoms with E-state index >= 15 is 0 Å². The van der Waals surface area contributed by atoms with Gasteiger partial charge in [0.2, 0.25) is 0 Å². The van der Waals surface area contributed by atoms with Crippen LogP contribution in [0.15, 0.2) is 54.6 Å². The standard InChI is InChI=1S/C35H27N3O2/c39-28-11-7-3-1-5-9-16-30-18-13-20-32(36-30)24-26-34-22-15-23-35(38-34)27-25-33-21-14-19-31(37-33)17-10-6-2-4-8-12-29-40/h13-15,18-23,39-40H,3-4,7-8,11-12,28-29H2. The van der Waals surface area contributed by atoms with Crippen molar-refractivity contribution in [3.8, 4) is 71.0 Å². The Kier molecular flexibility index (Phi) is 13.2. The molecular formula is C35H27N3O2. The number of aliphatic hydroxyl groups is 2. The summed E-state index contributed by atoms with van der Waals surface area (Å²) in [6.45, 7) is 0.373. The molecule has 0 aliphatic carbocycles. The predicted molar refractivity (Wildman–Crippen MR) is 156 cm³/mol. The maximum absolute atomic E-state index is 8.78. The lowest BCUT2D eigenvalue weighted by Crippen LogP contribution is -1.90. The van der Waals surface area contributed by atoms with Crippen LogP contribution in [0.3, 0.4) is 0 Å². The lowest BCUT2D eigenvalue weighted by Gasteiger charge is -1.94. The van der Waals surface area contributed by atoms with Crippen LogP contribution in [-0.4, -0.2) is 38.4 Å². The van der Waals surface area contributed by atoms with E-state index in [0.717, 1.165) is 25.7 Å². The fourth-order valence-corrected chi connectivity index (χ4v) is 3.03. The normalized spacial score (nSPS) is 8.85. The summed E-state index contributed by atoms with van der Waals surface area (Å²) in [5.74, 6) is 35.1. The number of aliphatic hydroxyl groups excluding tert-OH is 2. The van der Waals surface area contributed by atoms with Gasteiger partial charge in [-0.15, -0.1) is 0 Å². The van der Waals surface area contributed by atoms with Gasteiger partial charge in [-0.2, -0.15) is 0 Å². The van der Waals surface area contributed by atoms with E-state index in [1.807, 2.05) is 54.6 Å². The smallest absolute Gasteiger partial charge is 0.115 e. The van der Waals surface area contributed by atoms with E-state index in [1.54, 1.807) is 0 Å². The number of nitrogens with zero attached hydrogens (tertiary/aromatic N) is 3. The van der Waals surface area contributed by atoms with Crippen molar-refractivity contribution in [3.05, 3.63) is 88.8 Å². The molecule has 0 unspecified atom stereocenters. The fourth-order valence-electron chi connectivity index (χ4n) is 3.03. The highest BCUT2D eigenvalue weighted by molar-refractivity contribution is 5.44. The van der Waals surface area contributed by atoms with E-state index in [0.29, 0.717) is 47.0 Å². The lowest BCUT2D eigenvalue weighted by atomic mass is 10.2. The first-order valence-corrected chi connectivity index (χ1v) is 12.9. The maximum Gasteiger partial charge on any atom is 0.115 e. The molecular weight excluding hydrogens is 494 g/mol. The molecule has 0 amide bonds. The summed E-state index contributed by atoms with van der Waals surface area (Å²) in [5.41, 5.74) is 3.49. The molecule has 2 N–H and O–H groups in total. The molecule has 0 aromatic carbocycles. The van der Waals surface area contributed by atoms with Gasteiger partial charge in [0.1, 0.15) is 34.2 Å². The molecule has 0 bridgehead atoms. The zero-order valence-electron chi connectivity index (χ0n) is 22.1. The molecule has 40 heavy (non-hydrogen) atoms. The van der Waals surface area contributed by atoms with E-state index in [2.05, 4.69) is 86.0 Å². The minimum absolute atomic E-state index is 0.186. The van der Waals surface area contributed by atoms with Gasteiger partial charge in [0.25, 0.3) is 0 Å². The number of pyridine rings is 3. The van der Waals surface area contributed by atoms with Crippen LogP contribution in [0, 0.1) is 71.0 Å². The van der Waals surface area contributed by atoms with E-state index in [9.17, 15) is 0 Å². The molecule has 3 aromatic rings. The monoisotopic (exact) mass is 521 g/mol. The van der Waals surface area contributed by atoms with Crippen molar-refractivity contribution in [2.24, 2.45) is 0 Å². The number of aromatic nitrogens is 3. The van der Waals surface area contributed by atoms with Gasteiger partial charge in [0, 0.05) is 26.1 Å². The zero-order chi connectivity index (χ0) is 28.1. The number of hydrogen-bond acceptors (Lipinski definition) is 5. The first-order valence-electron chi connectivity index (χ1n) is 12.9. The zero-order valence-corrected chi connectivity index (χ0v) is 22.1. The number of unbranched alkanes of at least 4 members (excludes halogenated alkanes) is 4. The second kappa shape index (κ2) is 18.1. The quantitative estimate of drug-likeness (QED) is 0.382. The molecule has 0 saturated heterocycles. The van der Waals surface area contributed by atoms with Crippen LogP contribution in [0.25, 0.3) is 0 Å². The molecule has 0 aliphatic heterocycles. The average Bonchev–Trinajstić information content (AvgIpc) is 2.99. The van der Waals surface area contributed by atoms with Gasteiger partial charge in [-0.1, -0.05) is 30.0 Å². The molecule has 0 atom stereocenters. The predicted octanol–water partition coefficient (Wildman–Crippen LogP) is 3.71. The van der Waals surface area contributed by atoms with Crippen molar-refractivity contribution in [2.45, 2.75) is 38.5 Å². The molecule has 3 rings (SSSR count). The first kappa shape index (κ1) is 29.3. The lowest BCUT2D eigenvalue weighted by molar-refractivity contribution is 0.285. The van der Waals surface area contributed by atoms with Crippen LogP contribution >= 0.6 is 0 Å². The molecule has 0 fully saturated rings. The number of rotatable bonds is 6. The van der Waals surface area contributed by atoms with Gasteiger partial charge >= 0.3 is 0 Å². The van der Waals surface area contributed by atoms with Crippen molar-refractivity contribution in [1.82, 2.24) is 15.0 Å². The van der Waals surface area contributed by atoms with Crippen molar-refractivity contribution in [2.75, 3.05) is 13.2 Å². The van der Waals surface area contributed by atoms with Gasteiger partial charge in [0.15, 0.2) is 0 Å². The fraction of sp³-hybridized carbons (Fsp3) is 0.229. The number of hydrogen-bond donors (Lipinski definition) is 2.